The lowest BCUT2D eigenvalue weighted by molar-refractivity contribution is -0.156. The van der Waals surface area contributed by atoms with Crippen LogP contribution in [0.4, 0.5) is 5.82 Å². The van der Waals surface area contributed by atoms with Gasteiger partial charge in [-0.3, -0.25) is 14.4 Å². The third-order valence-electron chi connectivity index (χ3n) is 5.68. The standard InChI is InChI=1S/C21H24N4O4S/c22-20(27)15-1-2-18(23-11-15)24-7-3-14(4-8-24)21(28)29-13-19(26)25-9-5-17-16(12-25)6-10-30-17/h1-2,6,10-11,14H,3-5,7-9,12-13H2,(H2,22,27). The van der Waals surface area contributed by atoms with Crippen molar-refractivity contribution < 1.29 is 19.1 Å². The van der Waals surface area contributed by atoms with Gasteiger partial charge in [-0.2, -0.15) is 0 Å². The van der Waals surface area contributed by atoms with E-state index >= 15 is 0 Å². The van der Waals surface area contributed by atoms with Crippen molar-refractivity contribution in [3.8, 4) is 0 Å². The minimum absolute atomic E-state index is 0.142. The van der Waals surface area contributed by atoms with Gasteiger partial charge in [0.05, 0.1) is 11.5 Å². The van der Waals surface area contributed by atoms with E-state index in [2.05, 4.69) is 16.0 Å². The molecule has 0 aromatic carbocycles. The maximum atomic E-state index is 12.4. The van der Waals surface area contributed by atoms with E-state index in [4.69, 9.17) is 10.5 Å². The molecule has 0 spiro atoms. The molecule has 2 aliphatic rings. The first-order chi connectivity index (χ1) is 14.5. The minimum atomic E-state index is -0.509. The number of rotatable bonds is 5. The monoisotopic (exact) mass is 428 g/mol. The quantitative estimate of drug-likeness (QED) is 0.725. The summed E-state index contributed by atoms with van der Waals surface area (Å²) in [5, 5.41) is 2.05. The van der Waals surface area contributed by atoms with Gasteiger partial charge in [-0.05, 0) is 48.4 Å². The molecule has 2 aromatic heterocycles. The maximum absolute atomic E-state index is 12.4. The highest BCUT2D eigenvalue weighted by atomic mass is 32.1. The Morgan fingerprint density at radius 1 is 1.17 bits per heavy atom. The van der Waals surface area contributed by atoms with Crippen LogP contribution in [0.3, 0.4) is 0 Å². The number of hydrogen-bond donors (Lipinski definition) is 1. The number of carbonyl (C=O) groups excluding carboxylic acids is 3. The van der Waals surface area contributed by atoms with E-state index in [0.717, 1.165) is 12.2 Å². The molecule has 30 heavy (non-hydrogen) atoms. The zero-order chi connectivity index (χ0) is 21.1. The number of fused-ring (bicyclic) bond motifs is 1. The number of thiophene rings is 1. The van der Waals surface area contributed by atoms with Crippen LogP contribution in [0.5, 0.6) is 0 Å². The van der Waals surface area contributed by atoms with Crippen LogP contribution < -0.4 is 10.6 Å². The van der Waals surface area contributed by atoms with E-state index in [0.29, 0.717) is 44.6 Å². The van der Waals surface area contributed by atoms with Crippen molar-refractivity contribution in [3.05, 3.63) is 45.8 Å². The highest BCUT2D eigenvalue weighted by molar-refractivity contribution is 7.10. The molecule has 0 bridgehead atoms. The van der Waals surface area contributed by atoms with E-state index in [1.165, 1.54) is 16.6 Å². The van der Waals surface area contributed by atoms with E-state index in [1.54, 1.807) is 28.4 Å². The number of esters is 1. The number of carbonyl (C=O) groups is 3. The molecule has 158 valence electrons. The summed E-state index contributed by atoms with van der Waals surface area (Å²) in [4.78, 5) is 45.4. The van der Waals surface area contributed by atoms with Gasteiger partial charge in [0.15, 0.2) is 6.61 Å². The molecule has 9 heteroatoms. The SMILES string of the molecule is NC(=O)c1ccc(N2CCC(C(=O)OCC(=O)N3CCc4sccc4C3)CC2)nc1. The number of primary amides is 1. The lowest BCUT2D eigenvalue weighted by Crippen LogP contribution is -2.40. The van der Waals surface area contributed by atoms with Gasteiger partial charge in [0, 0.05) is 37.3 Å². The highest BCUT2D eigenvalue weighted by Gasteiger charge is 2.28. The summed E-state index contributed by atoms with van der Waals surface area (Å²) in [6, 6.07) is 5.46. The van der Waals surface area contributed by atoms with Gasteiger partial charge >= 0.3 is 5.97 Å². The first-order valence-electron chi connectivity index (χ1n) is 10.0. The van der Waals surface area contributed by atoms with E-state index in [-0.39, 0.29) is 24.4 Å². The van der Waals surface area contributed by atoms with Crippen molar-refractivity contribution in [2.45, 2.75) is 25.8 Å². The molecule has 1 saturated heterocycles. The van der Waals surface area contributed by atoms with Crippen LogP contribution in [0.1, 0.15) is 33.6 Å². The Balaban J connectivity index is 1.22. The summed E-state index contributed by atoms with van der Waals surface area (Å²) >= 11 is 1.72. The lowest BCUT2D eigenvalue weighted by atomic mass is 9.97. The van der Waals surface area contributed by atoms with Gasteiger partial charge in [0.25, 0.3) is 5.91 Å². The number of amides is 2. The molecule has 4 heterocycles. The van der Waals surface area contributed by atoms with Crippen LogP contribution >= 0.6 is 11.3 Å². The zero-order valence-electron chi connectivity index (χ0n) is 16.6. The molecule has 4 rings (SSSR count). The Labute approximate surface area is 178 Å². The Hall–Kier alpha value is -2.94. The Morgan fingerprint density at radius 3 is 2.67 bits per heavy atom. The minimum Gasteiger partial charge on any atom is -0.455 e. The van der Waals surface area contributed by atoms with Gasteiger partial charge in [-0.15, -0.1) is 11.3 Å². The molecule has 2 N–H and O–H groups in total. The van der Waals surface area contributed by atoms with Crippen molar-refractivity contribution in [1.29, 1.82) is 0 Å². The Bertz CT molecular complexity index is 935. The van der Waals surface area contributed by atoms with Crippen LogP contribution in [-0.4, -0.2) is 53.9 Å². The molecule has 0 atom stereocenters. The number of anilines is 1. The Kier molecular flexibility index (Phi) is 5.98. The van der Waals surface area contributed by atoms with Gasteiger partial charge in [-0.1, -0.05) is 0 Å². The van der Waals surface area contributed by atoms with E-state index < -0.39 is 5.91 Å². The van der Waals surface area contributed by atoms with Gasteiger partial charge in [0.1, 0.15) is 5.82 Å². The predicted molar refractivity (Wildman–Crippen MR) is 112 cm³/mol. The average molecular weight is 429 g/mol. The molecule has 0 saturated carbocycles. The summed E-state index contributed by atoms with van der Waals surface area (Å²) < 4.78 is 5.34. The average Bonchev–Trinajstić information content (AvgIpc) is 3.25. The van der Waals surface area contributed by atoms with Gasteiger partial charge < -0.3 is 20.3 Å². The van der Waals surface area contributed by atoms with Crippen molar-refractivity contribution in [1.82, 2.24) is 9.88 Å². The van der Waals surface area contributed by atoms with Gasteiger partial charge in [-0.25, -0.2) is 4.98 Å². The molecular weight excluding hydrogens is 404 g/mol. The molecule has 8 nitrogen and oxygen atoms in total. The second-order valence-corrected chi connectivity index (χ2v) is 8.57. The van der Waals surface area contributed by atoms with E-state index in [1.807, 2.05) is 5.38 Å². The molecule has 2 aliphatic heterocycles. The normalized spacial score (nSPS) is 16.8. The molecule has 1 fully saturated rings. The van der Waals surface area contributed by atoms with E-state index in [9.17, 15) is 14.4 Å². The summed E-state index contributed by atoms with van der Waals surface area (Å²) in [5.74, 6) is -0.432. The highest BCUT2D eigenvalue weighted by Crippen LogP contribution is 2.25. The largest absolute Gasteiger partial charge is 0.455 e. The molecule has 0 aliphatic carbocycles. The number of hydrogen-bond acceptors (Lipinski definition) is 7. The van der Waals surface area contributed by atoms with Crippen LogP contribution in [0.15, 0.2) is 29.8 Å². The summed E-state index contributed by atoms with van der Waals surface area (Å²) in [5.41, 5.74) is 6.79. The Morgan fingerprint density at radius 2 is 1.97 bits per heavy atom. The zero-order valence-corrected chi connectivity index (χ0v) is 17.4. The second-order valence-electron chi connectivity index (χ2n) is 7.57. The van der Waals surface area contributed by atoms with Crippen molar-refractivity contribution >= 4 is 34.9 Å². The molecule has 0 radical (unpaired) electrons. The van der Waals surface area contributed by atoms with Crippen molar-refractivity contribution in [3.63, 3.8) is 0 Å². The fraction of sp³-hybridized carbons (Fsp3) is 0.429. The third kappa shape index (κ3) is 4.46. The van der Waals surface area contributed by atoms with Crippen molar-refractivity contribution in [2.24, 2.45) is 11.7 Å². The number of nitrogens with two attached hydrogens (primary N) is 1. The number of aromatic nitrogens is 1. The first kappa shape index (κ1) is 20.3. The number of ether oxygens (including phenoxy) is 1. The van der Waals surface area contributed by atoms with Gasteiger partial charge in [0.2, 0.25) is 5.91 Å². The first-order valence-corrected chi connectivity index (χ1v) is 10.9. The number of piperidine rings is 1. The van der Waals surface area contributed by atoms with Crippen LogP contribution in [0.2, 0.25) is 0 Å². The van der Waals surface area contributed by atoms with Crippen LogP contribution in [0, 0.1) is 5.92 Å². The predicted octanol–water partition coefficient (Wildman–Crippen LogP) is 1.59. The molecular formula is C21H24N4O4S. The smallest absolute Gasteiger partial charge is 0.309 e. The fourth-order valence-electron chi connectivity index (χ4n) is 3.87. The molecule has 2 aromatic rings. The summed E-state index contributed by atoms with van der Waals surface area (Å²) in [6.45, 7) is 2.38. The lowest BCUT2D eigenvalue weighted by Gasteiger charge is -2.32. The number of pyridine rings is 1. The molecule has 2 amide bonds. The topological polar surface area (TPSA) is 106 Å². The molecule has 0 unspecified atom stereocenters. The maximum Gasteiger partial charge on any atom is 0.309 e. The second kappa shape index (κ2) is 8.83. The van der Waals surface area contributed by atoms with Crippen LogP contribution in [0.25, 0.3) is 0 Å². The van der Waals surface area contributed by atoms with Crippen molar-refractivity contribution in [2.75, 3.05) is 31.1 Å². The number of nitrogens with zero attached hydrogens (tertiary/aromatic N) is 3. The van der Waals surface area contributed by atoms with Crippen LogP contribution in [-0.2, 0) is 27.3 Å². The summed E-state index contributed by atoms with van der Waals surface area (Å²) in [6.07, 6.45) is 3.59. The fourth-order valence-corrected chi connectivity index (χ4v) is 4.76. The summed E-state index contributed by atoms with van der Waals surface area (Å²) in [7, 11) is 0. The third-order valence-corrected chi connectivity index (χ3v) is 6.71.